The SMILES string of the molecule is CN(C)[C@@H]1CCCN(/C(=N/C#N)NC[C@H](NC(=O)c2c(Cl)cc3c(c2Cl)CCN(C(=O)c2ccc4cn[nH]c4c2)C3)C(=O)O)C1. The number of nitrogens with one attached hydrogen (secondary N) is 3. The van der Waals surface area contributed by atoms with Crippen molar-refractivity contribution in [1.29, 1.82) is 5.26 Å². The maximum atomic E-state index is 13.4. The van der Waals surface area contributed by atoms with E-state index >= 15 is 0 Å². The molecular weight excluding hydrogens is 621 g/mol. The molecule has 1 aromatic heterocycles. The molecule has 1 fully saturated rings. The first-order chi connectivity index (χ1) is 21.6. The number of aliphatic carboxylic acids is 1. The van der Waals surface area contributed by atoms with Crippen LogP contribution in [0.25, 0.3) is 10.9 Å². The monoisotopic (exact) mass is 653 g/mol. The maximum absolute atomic E-state index is 13.4. The number of carboxylic acids is 1. The van der Waals surface area contributed by atoms with Crippen molar-refractivity contribution < 1.29 is 19.5 Å². The van der Waals surface area contributed by atoms with Crippen molar-refractivity contribution in [3.8, 4) is 6.19 Å². The Kier molecular flexibility index (Phi) is 9.77. The van der Waals surface area contributed by atoms with Crippen LogP contribution >= 0.6 is 23.2 Å². The predicted molar refractivity (Wildman–Crippen MR) is 169 cm³/mol. The highest BCUT2D eigenvalue weighted by Gasteiger charge is 2.31. The van der Waals surface area contributed by atoms with Gasteiger partial charge in [0.25, 0.3) is 11.8 Å². The first-order valence-corrected chi connectivity index (χ1v) is 15.2. The number of aromatic nitrogens is 2. The van der Waals surface area contributed by atoms with Crippen LogP contribution in [0.2, 0.25) is 10.0 Å². The molecule has 5 rings (SSSR count). The van der Waals surface area contributed by atoms with Gasteiger partial charge in [0.2, 0.25) is 12.2 Å². The van der Waals surface area contributed by atoms with E-state index in [1.165, 1.54) is 0 Å². The zero-order valence-electron chi connectivity index (χ0n) is 24.8. The molecule has 0 unspecified atom stereocenters. The molecule has 2 amide bonds. The molecule has 13 nitrogen and oxygen atoms in total. The van der Waals surface area contributed by atoms with E-state index in [4.69, 9.17) is 23.2 Å². The van der Waals surface area contributed by atoms with Gasteiger partial charge in [0, 0.05) is 49.7 Å². The van der Waals surface area contributed by atoms with Crippen molar-refractivity contribution in [1.82, 2.24) is 35.5 Å². The molecule has 1 saturated heterocycles. The van der Waals surface area contributed by atoms with E-state index in [2.05, 4.69) is 30.7 Å². The number of aromatic amines is 1. The van der Waals surface area contributed by atoms with E-state index < -0.39 is 17.9 Å². The minimum Gasteiger partial charge on any atom is -0.480 e. The largest absolute Gasteiger partial charge is 0.480 e. The number of carbonyl (C=O) groups excluding carboxylic acids is 2. The number of guanidine groups is 1. The van der Waals surface area contributed by atoms with Gasteiger partial charge in [0.05, 0.1) is 27.3 Å². The molecule has 3 heterocycles. The molecule has 2 aliphatic rings. The van der Waals surface area contributed by atoms with Gasteiger partial charge in [0.1, 0.15) is 6.04 Å². The predicted octanol–water partition coefficient (Wildman–Crippen LogP) is 2.70. The van der Waals surface area contributed by atoms with Crippen molar-refractivity contribution in [2.75, 3.05) is 40.3 Å². The van der Waals surface area contributed by atoms with Crippen LogP contribution in [0.4, 0.5) is 0 Å². The second-order valence-corrected chi connectivity index (χ2v) is 12.1. The standard InChI is InChI=1S/C30H33Cl2N9O4/c1-39(2)20-4-3-8-41(15-20)30(35-16-33)34-13-24(29(44)45)37-27(42)25-22(31)10-19-14-40(9-7-21(19)26(25)32)28(43)17-5-6-18-12-36-38-23(18)11-17/h5-6,10-12,20,24H,3-4,7-9,13-15H2,1-2H3,(H,34,35)(H,36,38)(H,37,42)(H,44,45)/t20-,24+/m1/s1. The molecular formula is C30H33Cl2N9O4. The van der Waals surface area contributed by atoms with Gasteiger partial charge in [-0.25, -0.2) is 4.79 Å². The second-order valence-electron chi connectivity index (χ2n) is 11.3. The van der Waals surface area contributed by atoms with Crippen LogP contribution in [0.3, 0.4) is 0 Å². The van der Waals surface area contributed by atoms with Gasteiger partial charge in [-0.15, -0.1) is 4.99 Å². The summed E-state index contributed by atoms with van der Waals surface area (Å²) in [4.78, 5) is 48.3. The van der Waals surface area contributed by atoms with Crippen LogP contribution in [-0.2, 0) is 17.8 Å². The number of likely N-dealkylation sites (tertiary alicyclic amines) is 1. The number of carbonyl (C=O) groups is 3. The summed E-state index contributed by atoms with van der Waals surface area (Å²) < 4.78 is 0. The lowest BCUT2D eigenvalue weighted by Crippen LogP contribution is -2.55. The van der Waals surface area contributed by atoms with Crippen molar-refractivity contribution in [3.63, 3.8) is 0 Å². The molecule has 0 radical (unpaired) electrons. The summed E-state index contributed by atoms with van der Waals surface area (Å²) in [5.74, 6) is -1.95. The van der Waals surface area contributed by atoms with Crippen molar-refractivity contribution >= 4 is 57.8 Å². The molecule has 0 saturated carbocycles. The number of piperidine rings is 1. The number of fused-ring (bicyclic) bond motifs is 2. The van der Waals surface area contributed by atoms with Crippen LogP contribution in [0.15, 0.2) is 35.5 Å². The number of halogens is 2. The van der Waals surface area contributed by atoms with Crippen molar-refractivity contribution in [3.05, 3.63) is 62.8 Å². The third-order valence-corrected chi connectivity index (χ3v) is 8.97. The van der Waals surface area contributed by atoms with Gasteiger partial charge in [0.15, 0.2) is 0 Å². The van der Waals surface area contributed by atoms with Crippen molar-refractivity contribution in [2.24, 2.45) is 4.99 Å². The quantitative estimate of drug-likeness (QED) is 0.170. The Balaban J connectivity index is 1.27. The Bertz CT molecular complexity index is 1700. The van der Waals surface area contributed by atoms with Gasteiger partial charge in [-0.1, -0.05) is 29.3 Å². The van der Waals surface area contributed by atoms with E-state index in [9.17, 15) is 24.8 Å². The van der Waals surface area contributed by atoms with Gasteiger partial charge in [-0.3, -0.25) is 14.7 Å². The minimum atomic E-state index is -1.38. The molecule has 15 heteroatoms. The Morgan fingerprint density at radius 2 is 2.04 bits per heavy atom. The third-order valence-electron chi connectivity index (χ3n) is 8.26. The number of nitrogens with zero attached hydrogens (tertiary/aromatic N) is 6. The lowest BCUT2D eigenvalue weighted by molar-refractivity contribution is -0.139. The van der Waals surface area contributed by atoms with E-state index in [1.54, 1.807) is 35.5 Å². The smallest absolute Gasteiger partial charge is 0.328 e. The van der Waals surface area contributed by atoms with E-state index in [0.717, 1.165) is 23.7 Å². The molecule has 4 N–H and O–H groups in total. The Hall–Kier alpha value is -4.38. The number of hydrogen-bond acceptors (Lipinski definition) is 7. The lowest BCUT2D eigenvalue weighted by atomic mass is 9.96. The van der Waals surface area contributed by atoms with Crippen LogP contribution in [0, 0.1) is 11.5 Å². The Morgan fingerprint density at radius 3 is 2.78 bits per heavy atom. The first-order valence-electron chi connectivity index (χ1n) is 14.4. The van der Waals surface area contributed by atoms with Gasteiger partial charge in [-0.05, 0) is 62.7 Å². The van der Waals surface area contributed by atoms with Crippen LogP contribution in [0.5, 0.6) is 0 Å². The number of nitriles is 1. The fourth-order valence-electron chi connectivity index (χ4n) is 5.75. The molecule has 236 valence electrons. The number of likely N-dealkylation sites (N-methyl/N-ethyl adjacent to an activating group) is 1. The molecule has 45 heavy (non-hydrogen) atoms. The number of hydrogen-bond donors (Lipinski definition) is 4. The topological polar surface area (TPSA) is 170 Å². The summed E-state index contributed by atoms with van der Waals surface area (Å²) in [6.45, 7) is 1.65. The molecule has 2 aliphatic heterocycles. The normalized spacial score (nSPS) is 17.5. The van der Waals surface area contributed by atoms with E-state index in [1.807, 2.05) is 25.1 Å². The number of carboxylic acid groups (broad SMARTS) is 1. The maximum Gasteiger partial charge on any atom is 0.328 e. The number of aliphatic imine (C=N–C) groups is 1. The molecule has 0 spiro atoms. The van der Waals surface area contributed by atoms with Gasteiger partial charge in [-0.2, -0.15) is 10.4 Å². The number of rotatable bonds is 7. The second kappa shape index (κ2) is 13.7. The zero-order chi connectivity index (χ0) is 32.2. The summed E-state index contributed by atoms with van der Waals surface area (Å²) in [5.41, 5.74) is 2.61. The summed E-state index contributed by atoms with van der Waals surface area (Å²) in [5, 5.41) is 32.5. The Labute approximate surface area is 269 Å². The molecule has 0 bridgehead atoms. The third kappa shape index (κ3) is 6.98. The minimum absolute atomic E-state index is 0.0382. The highest BCUT2D eigenvalue weighted by Crippen LogP contribution is 2.35. The highest BCUT2D eigenvalue weighted by atomic mass is 35.5. The zero-order valence-corrected chi connectivity index (χ0v) is 26.3. The summed E-state index contributed by atoms with van der Waals surface area (Å²) in [6.07, 6.45) is 5.72. The molecule has 2 atom stereocenters. The Morgan fingerprint density at radius 1 is 1.24 bits per heavy atom. The van der Waals surface area contributed by atoms with Crippen LogP contribution in [0.1, 0.15) is 44.7 Å². The van der Waals surface area contributed by atoms with Gasteiger partial charge >= 0.3 is 5.97 Å². The summed E-state index contributed by atoms with van der Waals surface area (Å²) >= 11 is 13.3. The summed E-state index contributed by atoms with van der Waals surface area (Å²) in [6, 6.07) is 5.80. The molecule has 0 aliphatic carbocycles. The van der Waals surface area contributed by atoms with Crippen LogP contribution in [-0.4, -0.2) is 106 Å². The number of benzene rings is 2. The molecule has 2 aromatic carbocycles. The summed E-state index contributed by atoms with van der Waals surface area (Å²) in [7, 11) is 3.96. The number of amides is 2. The fourth-order valence-corrected chi connectivity index (χ4v) is 6.51. The average Bonchev–Trinajstić information content (AvgIpc) is 3.50. The average molecular weight is 655 g/mol. The first kappa shape index (κ1) is 32.0. The lowest BCUT2D eigenvalue weighted by Gasteiger charge is -2.37. The number of H-pyrrole nitrogens is 1. The molecule has 3 aromatic rings. The van der Waals surface area contributed by atoms with Crippen molar-refractivity contribution in [2.45, 2.75) is 37.9 Å². The van der Waals surface area contributed by atoms with E-state index in [-0.39, 0.29) is 46.6 Å². The van der Waals surface area contributed by atoms with Crippen LogP contribution < -0.4 is 10.6 Å². The highest BCUT2D eigenvalue weighted by molar-refractivity contribution is 6.40. The van der Waals surface area contributed by atoms with E-state index in [0.29, 0.717) is 42.7 Å². The van der Waals surface area contributed by atoms with Gasteiger partial charge < -0.3 is 30.4 Å². The fraction of sp³-hybridized carbons (Fsp3) is 0.400.